The van der Waals surface area contributed by atoms with Gasteiger partial charge < -0.3 is 33.3 Å². The Labute approximate surface area is 456 Å². The quantitative estimate of drug-likeness (QED) is 0.0195. The molecule has 2 atom stereocenters. The lowest BCUT2D eigenvalue weighted by atomic mass is 10.0. The predicted octanol–water partition coefficient (Wildman–Crippen LogP) is 16.8. The highest BCUT2D eigenvalue weighted by Gasteiger charge is 2.22. The third-order valence-corrected chi connectivity index (χ3v) is 13.2. The second-order valence-corrected chi connectivity index (χ2v) is 21.6. The number of nitrogens with zero attached hydrogens (tertiary/aromatic N) is 1. The van der Waals surface area contributed by atoms with E-state index < -0.39 is 24.3 Å². The maximum atomic E-state index is 12.9. The number of hydrogen-bond donors (Lipinski definition) is 0. The fraction of sp³-hybridized carbons (Fsp3) is 0.769. The van der Waals surface area contributed by atoms with Gasteiger partial charge in [0.05, 0.1) is 40.3 Å². The highest BCUT2D eigenvalue weighted by Crippen LogP contribution is 2.17. The number of carboxylic acid groups (broad SMARTS) is 1. The van der Waals surface area contributed by atoms with Crippen molar-refractivity contribution in [2.45, 2.75) is 277 Å². The van der Waals surface area contributed by atoms with Crippen molar-refractivity contribution in [3.05, 3.63) is 72.9 Å². The highest BCUT2D eigenvalue weighted by molar-refractivity contribution is 5.70. The van der Waals surface area contributed by atoms with Gasteiger partial charge in [0.1, 0.15) is 13.2 Å². The molecule has 0 aromatic rings. The first kappa shape index (κ1) is 70.7. The molecule has 9 nitrogen and oxygen atoms in total. The van der Waals surface area contributed by atoms with Crippen LogP contribution in [0.15, 0.2) is 72.9 Å². The van der Waals surface area contributed by atoms with Crippen LogP contribution in [0.25, 0.3) is 0 Å². The van der Waals surface area contributed by atoms with Gasteiger partial charge in [-0.15, -0.1) is 0 Å². The average Bonchev–Trinajstić information content (AvgIpc) is 3.37. The minimum Gasteiger partial charge on any atom is -0.545 e. The van der Waals surface area contributed by atoms with Crippen molar-refractivity contribution in [2.24, 2.45) is 0 Å². The molecule has 0 radical (unpaired) electrons. The fourth-order valence-electron chi connectivity index (χ4n) is 8.54. The lowest BCUT2D eigenvalue weighted by Crippen LogP contribution is -2.44. The van der Waals surface area contributed by atoms with Gasteiger partial charge in [-0.2, -0.15) is 0 Å². The standard InChI is InChI=1S/C65H115NO8/c1-6-8-10-12-14-16-18-20-22-23-24-25-26-27-28-29-30-31-32-33-34-35-36-37-38-39-40-41-42-44-46-48-50-52-54-56-63(68)74-61(60-73-65(64(69)70)71-58-57-66(3,4)5)59-72-62(67)55-53-51-49-47-45-43-21-19-17-15-13-11-9-7-2/h8,10,14,16,20,22,24-25,27-28,30-31,61,65H,6-7,9,11-13,15,17-19,21,23,26,29,32-60H2,1-5H3/b10-8-,16-14-,22-20-,25-24-,28-27-,31-30-. The van der Waals surface area contributed by atoms with Gasteiger partial charge in [0, 0.05) is 12.8 Å². The van der Waals surface area contributed by atoms with E-state index in [9.17, 15) is 19.5 Å². The average molecular weight is 1040 g/mol. The Balaban J connectivity index is 4.08. The number of allylic oxidation sites excluding steroid dienone is 12. The van der Waals surface area contributed by atoms with E-state index in [0.29, 0.717) is 23.9 Å². The number of esters is 2. The summed E-state index contributed by atoms with van der Waals surface area (Å²) in [7, 11) is 5.92. The Bertz CT molecular complexity index is 1440. The maximum absolute atomic E-state index is 12.9. The van der Waals surface area contributed by atoms with Crippen molar-refractivity contribution in [1.82, 2.24) is 0 Å². The minimum absolute atomic E-state index is 0.148. The molecule has 0 fully saturated rings. The number of rotatable bonds is 56. The van der Waals surface area contributed by atoms with E-state index in [0.717, 1.165) is 70.6 Å². The second-order valence-electron chi connectivity index (χ2n) is 21.6. The first-order valence-corrected chi connectivity index (χ1v) is 30.6. The van der Waals surface area contributed by atoms with Crippen molar-refractivity contribution < 1.29 is 42.9 Å². The van der Waals surface area contributed by atoms with Gasteiger partial charge in [0.2, 0.25) is 0 Å². The Morgan fingerprint density at radius 1 is 0.419 bits per heavy atom. The molecular formula is C65H115NO8. The first-order chi connectivity index (χ1) is 36.1. The van der Waals surface area contributed by atoms with Gasteiger partial charge in [-0.05, 0) is 64.2 Å². The smallest absolute Gasteiger partial charge is 0.306 e. The zero-order valence-corrected chi connectivity index (χ0v) is 48.7. The summed E-state index contributed by atoms with van der Waals surface area (Å²) in [5.41, 5.74) is 0. The molecule has 0 bridgehead atoms. The van der Waals surface area contributed by atoms with Crippen LogP contribution >= 0.6 is 0 Å². The lowest BCUT2D eigenvalue weighted by molar-refractivity contribution is -0.870. The number of likely N-dealkylation sites (N-methyl/N-ethyl adjacent to an activating group) is 1. The molecule has 0 N–H and O–H groups in total. The second kappa shape index (κ2) is 55.9. The summed E-state index contributed by atoms with van der Waals surface area (Å²) >= 11 is 0. The molecule has 0 heterocycles. The lowest BCUT2D eigenvalue weighted by Gasteiger charge is -2.26. The molecule has 9 heteroatoms. The maximum Gasteiger partial charge on any atom is 0.306 e. The Morgan fingerprint density at radius 2 is 0.770 bits per heavy atom. The zero-order valence-electron chi connectivity index (χ0n) is 48.7. The van der Waals surface area contributed by atoms with Crippen molar-refractivity contribution in [1.29, 1.82) is 0 Å². The molecule has 0 saturated carbocycles. The molecule has 0 spiro atoms. The normalized spacial score (nSPS) is 13.3. The summed E-state index contributed by atoms with van der Waals surface area (Å²) < 4.78 is 22.7. The SMILES string of the molecule is CC/C=C\C/C=C\C/C=C\C/C=C\C/C=C\C/C=C\CCCCCCCCCCCCCCCCCCC(=O)OC(COC(=O)CCCCCCCCCCCCCCCC)COC(OCC[N+](C)(C)C)C(=O)[O-]. The molecule has 2 unspecified atom stereocenters. The molecule has 0 aromatic heterocycles. The monoisotopic (exact) mass is 1040 g/mol. The van der Waals surface area contributed by atoms with Gasteiger partial charge >= 0.3 is 11.9 Å². The molecule has 0 aliphatic heterocycles. The van der Waals surface area contributed by atoms with Crippen molar-refractivity contribution in [3.8, 4) is 0 Å². The summed E-state index contributed by atoms with van der Waals surface area (Å²) in [6.07, 6.45) is 69.6. The topological polar surface area (TPSA) is 111 Å². The van der Waals surface area contributed by atoms with E-state index in [2.05, 4.69) is 86.8 Å². The van der Waals surface area contributed by atoms with E-state index in [-0.39, 0.29) is 32.2 Å². The van der Waals surface area contributed by atoms with Gasteiger partial charge in [-0.25, -0.2) is 0 Å². The molecule has 0 amide bonds. The van der Waals surface area contributed by atoms with Gasteiger partial charge in [0.25, 0.3) is 0 Å². The number of carbonyl (C=O) groups is 3. The van der Waals surface area contributed by atoms with Crippen LogP contribution in [0.5, 0.6) is 0 Å². The fourth-order valence-corrected chi connectivity index (χ4v) is 8.54. The van der Waals surface area contributed by atoms with Crippen LogP contribution in [0.4, 0.5) is 0 Å². The minimum atomic E-state index is -1.62. The Hall–Kier alpha value is -3.27. The molecule has 0 saturated heterocycles. The first-order valence-electron chi connectivity index (χ1n) is 30.6. The molecule has 428 valence electrons. The molecule has 0 aliphatic rings. The molecule has 0 aromatic carbocycles. The van der Waals surface area contributed by atoms with E-state index in [1.54, 1.807) is 0 Å². The Morgan fingerprint density at radius 3 is 1.15 bits per heavy atom. The van der Waals surface area contributed by atoms with Crippen molar-refractivity contribution in [3.63, 3.8) is 0 Å². The summed E-state index contributed by atoms with van der Waals surface area (Å²) in [5, 5.41) is 11.8. The Kier molecular flexibility index (Phi) is 53.5. The predicted molar refractivity (Wildman–Crippen MR) is 311 cm³/mol. The molecule has 0 aliphatic carbocycles. The molecule has 74 heavy (non-hydrogen) atoms. The third kappa shape index (κ3) is 56.5. The number of aliphatic carboxylic acids is 1. The zero-order chi connectivity index (χ0) is 54.1. The van der Waals surface area contributed by atoms with E-state index in [4.69, 9.17) is 18.9 Å². The van der Waals surface area contributed by atoms with Crippen LogP contribution in [-0.2, 0) is 33.3 Å². The summed E-state index contributed by atoms with van der Waals surface area (Å²) in [6, 6.07) is 0. The van der Waals surface area contributed by atoms with Gasteiger partial charge in [-0.3, -0.25) is 9.59 Å². The third-order valence-electron chi connectivity index (χ3n) is 13.2. The summed E-state index contributed by atoms with van der Waals surface area (Å²) in [4.78, 5) is 37.3. The number of quaternary nitrogens is 1. The van der Waals surface area contributed by atoms with Gasteiger partial charge in [0.15, 0.2) is 12.4 Å². The van der Waals surface area contributed by atoms with Crippen LogP contribution in [0.3, 0.4) is 0 Å². The number of unbranched alkanes of at least 4 members (excludes halogenated alkanes) is 29. The van der Waals surface area contributed by atoms with E-state index >= 15 is 0 Å². The summed E-state index contributed by atoms with van der Waals surface area (Å²) in [5.74, 6) is -2.27. The van der Waals surface area contributed by atoms with Crippen LogP contribution in [0.1, 0.15) is 264 Å². The summed E-state index contributed by atoms with van der Waals surface area (Å²) in [6.45, 7) is 4.65. The number of carboxylic acids is 1. The van der Waals surface area contributed by atoms with Crippen LogP contribution in [0.2, 0.25) is 0 Å². The van der Waals surface area contributed by atoms with Crippen molar-refractivity contribution in [2.75, 3.05) is 47.5 Å². The van der Waals surface area contributed by atoms with Crippen LogP contribution in [-0.4, -0.2) is 82.3 Å². The highest BCUT2D eigenvalue weighted by atomic mass is 16.7. The largest absolute Gasteiger partial charge is 0.545 e. The van der Waals surface area contributed by atoms with Crippen LogP contribution in [0, 0.1) is 0 Å². The van der Waals surface area contributed by atoms with Gasteiger partial charge in [-0.1, -0.05) is 260 Å². The number of hydrogen-bond acceptors (Lipinski definition) is 8. The number of ether oxygens (including phenoxy) is 4. The van der Waals surface area contributed by atoms with Crippen molar-refractivity contribution >= 4 is 17.9 Å². The molecular weight excluding hydrogens is 923 g/mol. The number of carbonyl (C=O) groups excluding carboxylic acids is 3. The van der Waals surface area contributed by atoms with E-state index in [1.165, 1.54) is 161 Å². The van der Waals surface area contributed by atoms with E-state index in [1.807, 2.05) is 21.1 Å². The molecule has 0 rings (SSSR count). The van der Waals surface area contributed by atoms with Crippen LogP contribution < -0.4 is 5.11 Å².